The van der Waals surface area contributed by atoms with E-state index in [4.69, 9.17) is 10.5 Å². The standard InChI is InChI=1S/C13H25N3OS/c1-9(2)7-5-6-8-15-13-11(17-10(3)4)12(14)16-18-13/h9-10,15H,5-8H2,1-4H3,(H2,14,16). The Hall–Kier alpha value is -0.970. The van der Waals surface area contributed by atoms with E-state index in [1.165, 1.54) is 24.4 Å². The van der Waals surface area contributed by atoms with E-state index in [0.29, 0.717) is 11.6 Å². The number of nitrogen functional groups attached to an aromatic ring is 1. The van der Waals surface area contributed by atoms with Gasteiger partial charge in [0, 0.05) is 6.54 Å². The molecule has 0 aliphatic heterocycles. The first-order valence-corrected chi connectivity index (χ1v) is 7.43. The molecule has 0 bridgehead atoms. The van der Waals surface area contributed by atoms with Gasteiger partial charge >= 0.3 is 0 Å². The molecule has 0 spiro atoms. The Morgan fingerprint density at radius 1 is 1.28 bits per heavy atom. The van der Waals surface area contributed by atoms with Crippen molar-refractivity contribution < 1.29 is 4.74 Å². The van der Waals surface area contributed by atoms with Crippen LogP contribution in [0, 0.1) is 5.92 Å². The minimum Gasteiger partial charge on any atom is -0.484 e. The van der Waals surface area contributed by atoms with E-state index in [-0.39, 0.29) is 6.10 Å². The third-order valence-corrected chi connectivity index (χ3v) is 3.32. The van der Waals surface area contributed by atoms with Crippen LogP contribution >= 0.6 is 11.5 Å². The molecule has 4 nitrogen and oxygen atoms in total. The Kier molecular flexibility index (Phi) is 6.25. The Balaban J connectivity index is 2.37. The number of rotatable bonds is 8. The lowest BCUT2D eigenvalue weighted by Gasteiger charge is -2.11. The molecule has 0 saturated heterocycles. The number of hydrogen-bond donors (Lipinski definition) is 2. The van der Waals surface area contributed by atoms with Crippen LogP contribution in [0.4, 0.5) is 10.8 Å². The molecule has 1 rings (SSSR count). The quantitative estimate of drug-likeness (QED) is 0.707. The van der Waals surface area contributed by atoms with Crippen LogP contribution in [0.2, 0.25) is 0 Å². The highest BCUT2D eigenvalue weighted by Crippen LogP contribution is 2.35. The molecule has 0 unspecified atom stereocenters. The molecule has 0 radical (unpaired) electrons. The lowest BCUT2D eigenvalue weighted by atomic mass is 10.1. The van der Waals surface area contributed by atoms with Crippen LogP contribution in [0.3, 0.4) is 0 Å². The normalized spacial score (nSPS) is 11.2. The Morgan fingerprint density at radius 3 is 2.61 bits per heavy atom. The third kappa shape index (κ3) is 5.12. The Labute approximate surface area is 114 Å². The zero-order valence-electron chi connectivity index (χ0n) is 11.8. The van der Waals surface area contributed by atoms with Crippen LogP contribution < -0.4 is 15.8 Å². The van der Waals surface area contributed by atoms with Crippen LogP contribution in [0.1, 0.15) is 47.0 Å². The Bertz CT molecular complexity index is 350. The van der Waals surface area contributed by atoms with Crippen LogP contribution in [-0.2, 0) is 0 Å². The number of nitrogens with zero attached hydrogens (tertiary/aromatic N) is 1. The van der Waals surface area contributed by atoms with Gasteiger partial charge in [-0.1, -0.05) is 26.7 Å². The molecular weight excluding hydrogens is 246 g/mol. The highest BCUT2D eigenvalue weighted by atomic mass is 32.1. The van der Waals surface area contributed by atoms with E-state index in [2.05, 4.69) is 23.5 Å². The molecule has 1 aromatic heterocycles. The molecule has 0 aromatic carbocycles. The molecule has 5 heteroatoms. The van der Waals surface area contributed by atoms with Crippen LogP contribution in [-0.4, -0.2) is 17.0 Å². The second-order valence-electron chi connectivity index (χ2n) is 5.21. The maximum atomic E-state index is 5.79. The average Bonchev–Trinajstić information content (AvgIpc) is 2.60. The molecule has 18 heavy (non-hydrogen) atoms. The number of nitrogens with one attached hydrogen (secondary N) is 1. The van der Waals surface area contributed by atoms with Crippen molar-refractivity contribution in [1.29, 1.82) is 0 Å². The number of anilines is 2. The van der Waals surface area contributed by atoms with Gasteiger partial charge in [-0.3, -0.25) is 0 Å². The second kappa shape index (κ2) is 7.46. The summed E-state index contributed by atoms with van der Waals surface area (Å²) in [4.78, 5) is 0. The van der Waals surface area contributed by atoms with E-state index in [1.54, 1.807) is 0 Å². The number of ether oxygens (including phenoxy) is 1. The summed E-state index contributed by atoms with van der Waals surface area (Å²) in [7, 11) is 0. The van der Waals surface area contributed by atoms with Crippen molar-refractivity contribution in [2.45, 2.75) is 53.1 Å². The van der Waals surface area contributed by atoms with Gasteiger partial charge in [0.15, 0.2) is 16.6 Å². The van der Waals surface area contributed by atoms with Gasteiger partial charge in [0.05, 0.1) is 6.10 Å². The largest absolute Gasteiger partial charge is 0.484 e. The molecule has 0 atom stereocenters. The molecule has 1 aromatic rings. The van der Waals surface area contributed by atoms with E-state index in [9.17, 15) is 0 Å². The number of aromatic nitrogens is 1. The van der Waals surface area contributed by atoms with Gasteiger partial charge in [-0.25, -0.2) is 0 Å². The summed E-state index contributed by atoms with van der Waals surface area (Å²) in [6.45, 7) is 9.44. The van der Waals surface area contributed by atoms with Crippen molar-refractivity contribution in [1.82, 2.24) is 4.37 Å². The maximum absolute atomic E-state index is 5.79. The van der Waals surface area contributed by atoms with Crippen LogP contribution in [0.15, 0.2) is 0 Å². The van der Waals surface area contributed by atoms with Gasteiger partial charge < -0.3 is 15.8 Å². The lowest BCUT2D eigenvalue weighted by Crippen LogP contribution is -2.09. The highest BCUT2D eigenvalue weighted by Gasteiger charge is 2.13. The van der Waals surface area contributed by atoms with Crippen molar-refractivity contribution in [3.8, 4) is 5.75 Å². The summed E-state index contributed by atoms with van der Waals surface area (Å²) < 4.78 is 9.80. The van der Waals surface area contributed by atoms with Crippen molar-refractivity contribution in [3.63, 3.8) is 0 Å². The minimum atomic E-state index is 0.116. The van der Waals surface area contributed by atoms with Crippen molar-refractivity contribution in [3.05, 3.63) is 0 Å². The van der Waals surface area contributed by atoms with Crippen molar-refractivity contribution in [2.24, 2.45) is 5.92 Å². The van der Waals surface area contributed by atoms with Gasteiger partial charge in [-0.2, -0.15) is 4.37 Å². The summed E-state index contributed by atoms with van der Waals surface area (Å²) >= 11 is 1.37. The minimum absolute atomic E-state index is 0.116. The smallest absolute Gasteiger partial charge is 0.197 e. The number of nitrogens with two attached hydrogens (primary N) is 1. The van der Waals surface area contributed by atoms with Gasteiger partial charge in [0.2, 0.25) is 0 Å². The maximum Gasteiger partial charge on any atom is 0.197 e. The first-order valence-electron chi connectivity index (χ1n) is 6.66. The summed E-state index contributed by atoms with van der Waals surface area (Å²) in [6.07, 6.45) is 3.81. The SMILES string of the molecule is CC(C)CCCCNc1snc(N)c1OC(C)C. The highest BCUT2D eigenvalue weighted by molar-refractivity contribution is 7.11. The molecule has 0 fully saturated rings. The fraction of sp³-hybridized carbons (Fsp3) is 0.769. The molecule has 0 amide bonds. The molecule has 104 valence electrons. The van der Waals surface area contributed by atoms with Crippen molar-refractivity contribution in [2.75, 3.05) is 17.6 Å². The molecule has 0 aliphatic rings. The molecule has 0 aliphatic carbocycles. The van der Waals surface area contributed by atoms with Gasteiger partial charge in [-0.15, -0.1) is 0 Å². The molecule has 0 saturated carbocycles. The fourth-order valence-corrected chi connectivity index (χ4v) is 2.31. The fourth-order valence-electron chi connectivity index (χ4n) is 1.64. The topological polar surface area (TPSA) is 60.2 Å². The van der Waals surface area contributed by atoms with Crippen molar-refractivity contribution >= 4 is 22.4 Å². The van der Waals surface area contributed by atoms with Crippen LogP contribution in [0.25, 0.3) is 0 Å². The predicted molar refractivity (Wildman–Crippen MR) is 79.5 cm³/mol. The van der Waals surface area contributed by atoms with Gasteiger partial charge in [0.25, 0.3) is 0 Å². The summed E-state index contributed by atoms with van der Waals surface area (Å²) in [5.41, 5.74) is 5.79. The third-order valence-electron chi connectivity index (χ3n) is 2.52. The van der Waals surface area contributed by atoms with E-state index < -0.39 is 0 Å². The monoisotopic (exact) mass is 271 g/mol. The lowest BCUT2D eigenvalue weighted by molar-refractivity contribution is 0.245. The van der Waals surface area contributed by atoms with E-state index in [1.807, 2.05) is 13.8 Å². The summed E-state index contributed by atoms with van der Waals surface area (Å²) in [5.74, 6) is 1.97. The number of hydrogen-bond acceptors (Lipinski definition) is 5. The zero-order valence-corrected chi connectivity index (χ0v) is 12.6. The van der Waals surface area contributed by atoms with Gasteiger partial charge in [-0.05, 0) is 37.7 Å². The van der Waals surface area contributed by atoms with E-state index >= 15 is 0 Å². The zero-order chi connectivity index (χ0) is 13.5. The molecule has 3 N–H and O–H groups in total. The second-order valence-corrected chi connectivity index (χ2v) is 5.98. The first-order chi connectivity index (χ1) is 8.50. The summed E-state index contributed by atoms with van der Waals surface area (Å²) in [5, 5.41) is 4.31. The molecule has 1 heterocycles. The van der Waals surface area contributed by atoms with E-state index in [0.717, 1.165) is 23.9 Å². The molecular formula is C13H25N3OS. The number of unbranched alkanes of at least 4 members (excludes halogenated alkanes) is 1. The van der Waals surface area contributed by atoms with Gasteiger partial charge in [0.1, 0.15) is 0 Å². The summed E-state index contributed by atoms with van der Waals surface area (Å²) in [6, 6.07) is 0. The Morgan fingerprint density at radius 2 is 2.00 bits per heavy atom. The predicted octanol–water partition coefficient (Wildman–Crippen LogP) is 3.75. The van der Waals surface area contributed by atoms with Crippen LogP contribution in [0.5, 0.6) is 5.75 Å². The average molecular weight is 271 g/mol. The first kappa shape index (κ1) is 15.1.